The molecule has 9 nitrogen and oxygen atoms in total. The molecule has 0 saturated carbocycles. The zero-order chi connectivity index (χ0) is 25.8. The predicted molar refractivity (Wildman–Crippen MR) is 138 cm³/mol. The molecule has 0 radical (unpaired) electrons. The van der Waals surface area contributed by atoms with Crippen molar-refractivity contribution in [2.24, 2.45) is 0 Å². The van der Waals surface area contributed by atoms with Crippen LogP contribution in [-0.4, -0.2) is 62.9 Å². The van der Waals surface area contributed by atoms with Gasteiger partial charge in [0.2, 0.25) is 11.8 Å². The van der Waals surface area contributed by atoms with Crippen LogP contribution >= 0.6 is 24.0 Å². The Morgan fingerprint density at radius 1 is 1.11 bits per heavy atom. The number of hydrogen-bond donors (Lipinski definition) is 1. The molecule has 0 aliphatic carbocycles. The van der Waals surface area contributed by atoms with E-state index in [2.05, 4.69) is 5.32 Å². The minimum absolute atomic E-state index is 0.182. The summed E-state index contributed by atoms with van der Waals surface area (Å²) in [5.41, 5.74) is 1.51. The van der Waals surface area contributed by atoms with Crippen molar-refractivity contribution in [1.82, 2.24) is 9.80 Å². The SMILES string of the molecule is CCOC(=O)c1ccc(NC(=O)CN2C(=O)CC(N3C(=O)/C(=C/c4ccccc4)SC3=S)C2=O)cc1. The van der Waals surface area contributed by atoms with Crippen molar-refractivity contribution in [1.29, 1.82) is 0 Å². The zero-order valence-electron chi connectivity index (χ0n) is 19.1. The highest BCUT2D eigenvalue weighted by atomic mass is 32.2. The molecule has 2 aromatic carbocycles. The summed E-state index contributed by atoms with van der Waals surface area (Å²) in [6.45, 7) is 1.43. The number of thiocarbonyl (C=S) groups is 1. The first-order chi connectivity index (χ1) is 17.3. The van der Waals surface area contributed by atoms with Gasteiger partial charge >= 0.3 is 5.97 Å². The summed E-state index contributed by atoms with van der Waals surface area (Å²) in [5, 5.41) is 2.59. The summed E-state index contributed by atoms with van der Waals surface area (Å²) in [6.07, 6.45) is 1.42. The van der Waals surface area contributed by atoms with Crippen LogP contribution in [-0.2, 0) is 23.9 Å². The van der Waals surface area contributed by atoms with E-state index >= 15 is 0 Å². The molecule has 0 spiro atoms. The van der Waals surface area contributed by atoms with Gasteiger partial charge in [0.1, 0.15) is 16.9 Å². The number of ether oxygens (including phenoxy) is 1. The molecule has 0 aromatic heterocycles. The van der Waals surface area contributed by atoms with Crippen molar-refractivity contribution in [2.45, 2.75) is 19.4 Å². The highest BCUT2D eigenvalue weighted by Crippen LogP contribution is 2.36. The Balaban J connectivity index is 1.40. The lowest BCUT2D eigenvalue weighted by molar-refractivity contribution is -0.143. The van der Waals surface area contributed by atoms with Crippen LogP contribution in [0.2, 0.25) is 0 Å². The number of esters is 1. The van der Waals surface area contributed by atoms with Crippen LogP contribution in [0.1, 0.15) is 29.3 Å². The first kappa shape index (κ1) is 25.3. The van der Waals surface area contributed by atoms with Crippen molar-refractivity contribution >= 4 is 69.7 Å². The average molecular weight is 524 g/mol. The van der Waals surface area contributed by atoms with Gasteiger partial charge in [-0.25, -0.2) is 4.79 Å². The molecule has 1 N–H and O–H groups in total. The number of nitrogens with one attached hydrogen (secondary N) is 1. The first-order valence-corrected chi connectivity index (χ1v) is 12.2. The zero-order valence-corrected chi connectivity index (χ0v) is 20.8. The van der Waals surface area contributed by atoms with Gasteiger partial charge < -0.3 is 10.1 Å². The fourth-order valence-electron chi connectivity index (χ4n) is 3.73. The number of hydrogen-bond acceptors (Lipinski definition) is 8. The molecule has 4 amide bonds. The van der Waals surface area contributed by atoms with E-state index < -0.39 is 42.2 Å². The van der Waals surface area contributed by atoms with E-state index in [1.165, 1.54) is 24.3 Å². The van der Waals surface area contributed by atoms with Crippen LogP contribution in [0, 0.1) is 0 Å². The Kier molecular flexibility index (Phi) is 7.61. The molecule has 11 heteroatoms. The quantitative estimate of drug-likeness (QED) is 0.255. The number of anilines is 1. The summed E-state index contributed by atoms with van der Waals surface area (Å²) in [4.78, 5) is 65.2. The van der Waals surface area contributed by atoms with Gasteiger partial charge in [0.25, 0.3) is 11.8 Å². The topological polar surface area (TPSA) is 113 Å². The van der Waals surface area contributed by atoms with Gasteiger partial charge in [0.15, 0.2) is 0 Å². The standard InChI is InChI=1S/C25H21N3O6S2/c1-2-34-24(33)16-8-10-17(11-9-16)26-20(29)14-27-21(30)13-18(22(27)31)28-23(32)19(36-25(28)35)12-15-6-4-3-5-7-15/h3-12,18H,2,13-14H2,1H3,(H,26,29)/b19-12-. The second kappa shape index (κ2) is 10.8. The van der Waals surface area contributed by atoms with Gasteiger partial charge in [-0.05, 0) is 42.8 Å². The van der Waals surface area contributed by atoms with E-state index in [-0.39, 0.29) is 17.3 Å². The number of carbonyl (C=O) groups is 5. The lowest BCUT2D eigenvalue weighted by Gasteiger charge is -2.21. The Morgan fingerprint density at radius 3 is 2.47 bits per heavy atom. The van der Waals surface area contributed by atoms with Crippen LogP contribution < -0.4 is 5.32 Å². The number of carbonyl (C=O) groups excluding carboxylic acids is 5. The summed E-state index contributed by atoms with van der Waals surface area (Å²) in [5.74, 6) is -2.77. The lowest BCUT2D eigenvalue weighted by Crippen LogP contribution is -2.45. The number of nitrogens with zero attached hydrogens (tertiary/aromatic N) is 2. The molecule has 4 rings (SSSR count). The summed E-state index contributed by atoms with van der Waals surface area (Å²) in [7, 11) is 0. The van der Waals surface area contributed by atoms with Crippen molar-refractivity contribution in [3.05, 3.63) is 70.6 Å². The second-order valence-corrected chi connectivity index (χ2v) is 9.52. The molecule has 1 unspecified atom stereocenters. The van der Waals surface area contributed by atoms with Crippen molar-refractivity contribution < 1.29 is 28.7 Å². The Labute approximate surface area is 216 Å². The van der Waals surface area contributed by atoms with Crippen LogP contribution in [0.25, 0.3) is 6.08 Å². The molecule has 184 valence electrons. The van der Waals surface area contributed by atoms with Gasteiger partial charge in [0.05, 0.1) is 23.5 Å². The lowest BCUT2D eigenvalue weighted by atomic mass is 10.2. The largest absolute Gasteiger partial charge is 0.462 e. The maximum absolute atomic E-state index is 13.0. The maximum Gasteiger partial charge on any atom is 0.338 e. The van der Waals surface area contributed by atoms with Crippen LogP contribution in [0.3, 0.4) is 0 Å². The van der Waals surface area contributed by atoms with Gasteiger partial charge in [0, 0.05) is 5.69 Å². The molecule has 2 saturated heterocycles. The minimum Gasteiger partial charge on any atom is -0.462 e. The highest BCUT2D eigenvalue weighted by Gasteiger charge is 2.48. The van der Waals surface area contributed by atoms with E-state index in [0.29, 0.717) is 16.2 Å². The first-order valence-electron chi connectivity index (χ1n) is 11.0. The number of likely N-dealkylation sites (tertiary alicyclic amines) is 1. The third-order valence-electron chi connectivity index (χ3n) is 5.43. The molecule has 0 bridgehead atoms. The summed E-state index contributed by atoms with van der Waals surface area (Å²) >= 11 is 6.39. The number of imide groups is 1. The maximum atomic E-state index is 13.0. The third kappa shape index (κ3) is 5.37. The highest BCUT2D eigenvalue weighted by molar-refractivity contribution is 8.26. The van der Waals surface area contributed by atoms with E-state index in [0.717, 1.165) is 27.1 Å². The Bertz CT molecular complexity index is 1280. The van der Waals surface area contributed by atoms with Crippen LogP contribution in [0.15, 0.2) is 59.5 Å². The fourth-order valence-corrected chi connectivity index (χ4v) is 5.09. The summed E-state index contributed by atoms with van der Waals surface area (Å²) in [6, 6.07) is 14.1. The van der Waals surface area contributed by atoms with Crippen molar-refractivity contribution in [3.8, 4) is 0 Å². The molecule has 1 atom stereocenters. The molecular weight excluding hydrogens is 502 g/mol. The van der Waals surface area contributed by atoms with E-state index in [1.54, 1.807) is 13.0 Å². The number of benzene rings is 2. The van der Waals surface area contributed by atoms with Gasteiger partial charge in [-0.1, -0.05) is 54.3 Å². The normalized spacial score (nSPS) is 18.8. The third-order valence-corrected chi connectivity index (χ3v) is 6.76. The van der Waals surface area contributed by atoms with Gasteiger partial charge in [-0.2, -0.15) is 0 Å². The Hall–Kier alpha value is -3.83. The number of rotatable bonds is 7. The van der Waals surface area contributed by atoms with Crippen molar-refractivity contribution in [2.75, 3.05) is 18.5 Å². The molecular formula is C25H21N3O6S2. The average Bonchev–Trinajstić information content (AvgIpc) is 3.28. The van der Waals surface area contributed by atoms with E-state index in [4.69, 9.17) is 17.0 Å². The smallest absolute Gasteiger partial charge is 0.338 e. The van der Waals surface area contributed by atoms with E-state index in [1.807, 2.05) is 30.3 Å². The predicted octanol–water partition coefficient (Wildman–Crippen LogP) is 2.83. The summed E-state index contributed by atoms with van der Waals surface area (Å²) < 4.78 is 5.10. The Morgan fingerprint density at radius 2 is 1.81 bits per heavy atom. The monoisotopic (exact) mass is 523 g/mol. The molecule has 2 aliphatic heterocycles. The number of thioether (sulfide) groups is 1. The second-order valence-electron chi connectivity index (χ2n) is 7.85. The number of amides is 4. The minimum atomic E-state index is -1.09. The van der Waals surface area contributed by atoms with Crippen LogP contribution in [0.5, 0.6) is 0 Å². The molecule has 2 fully saturated rings. The molecule has 36 heavy (non-hydrogen) atoms. The van der Waals surface area contributed by atoms with E-state index in [9.17, 15) is 24.0 Å². The fraction of sp³-hybridized carbons (Fsp3) is 0.200. The van der Waals surface area contributed by atoms with Crippen LogP contribution in [0.4, 0.5) is 5.69 Å². The molecule has 2 aromatic rings. The van der Waals surface area contributed by atoms with Crippen molar-refractivity contribution in [3.63, 3.8) is 0 Å². The van der Waals surface area contributed by atoms with Gasteiger partial charge in [-0.3, -0.25) is 29.0 Å². The van der Waals surface area contributed by atoms with Gasteiger partial charge in [-0.15, -0.1) is 0 Å². The molecule has 2 heterocycles. The molecule has 2 aliphatic rings.